The Morgan fingerprint density at radius 1 is 1.11 bits per heavy atom. The van der Waals surface area contributed by atoms with Gasteiger partial charge in [0.15, 0.2) is 0 Å². The molecule has 0 radical (unpaired) electrons. The molecule has 0 fully saturated rings. The zero-order valence-corrected chi connectivity index (χ0v) is 16.1. The molecule has 0 unspecified atom stereocenters. The van der Waals surface area contributed by atoms with Gasteiger partial charge in [-0.3, -0.25) is 9.52 Å². The van der Waals surface area contributed by atoms with E-state index >= 15 is 0 Å². The molecule has 7 nitrogen and oxygen atoms in total. The summed E-state index contributed by atoms with van der Waals surface area (Å²) in [5.74, 6) is -1.44. The lowest BCUT2D eigenvalue weighted by molar-refractivity contribution is -0.114. The average Bonchev–Trinajstić information content (AvgIpc) is 2.92. The van der Waals surface area contributed by atoms with Crippen LogP contribution in [-0.2, 0) is 14.8 Å². The molecule has 1 heterocycles. The third kappa shape index (κ3) is 3.79. The maximum absolute atomic E-state index is 12.9. The van der Waals surface area contributed by atoms with E-state index in [9.17, 15) is 23.1 Å². The van der Waals surface area contributed by atoms with Crippen molar-refractivity contribution in [3.05, 3.63) is 53.6 Å². The number of aromatic carboxylic acids is 1. The van der Waals surface area contributed by atoms with Gasteiger partial charge in [0.05, 0.1) is 11.3 Å². The molecule has 0 atom stereocenters. The van der Waals surface area contributed by atoms with Gasteiger partial charge in [0.2, 0.25) is 5.91 Å². The van der Waals surface area contributed by atoms with Crippen molar-refractivity contribution in [1.29, 1.82) is 0 Å². The van der Waals surface area contributed by atoms with Gasteiger partial charge < -0.3 is 10.4 Å². The van der Waals surface area contributed by atoms with E-state index in [1.165, 1.54) is 25.1 Å². The van der Waals surface area contributed by atoms with E-state index in [4.69, 9.17) is 0 Å². The fraction of sp³-hybridized carbons (Fsp3) is 0.111. The lowest BCUT2D eigenvalue weighted by atomic mass is 10.2. The summed E-state index contributed by atoms with van der Waals surface area (Å²) in [7, 11) is -3.98. The zero-order chi connectivity index (χ0) is 19.8. The van der Waals surface area contributed by atoms with Crippen LogP contribution in [0.2, 0.25) is 0 Å². The number of nitrogens with one attached hydrogen (secondary N) is 2. The van der Waals surface area contributed by atoms with Crippen molar-refractivity contribution in [1.82, 2.24) is 0 Å². The molecule has 0 aliphatic carbocycles. The van der Waals surface area contributed by atoms with E-state index < -0.39 is 16.0 Å². The van der Waals surface area contributed by atoms with Crippen LogP contribution in [0.3, 0.4) is 0 Å². The van der Waals surface area contributed by atoms with Gasteiger partial charge in [-0.2, -0.15) is 0 Å². The quantitative estimate of drug-likeness (QED) is 0.601. The number of hydrogen-bond donors (Lipinski definition) is 3. The van der Waals surface area contributed by atoms with Crippen LogP contribution < -0.4 is 10.0 Å². The number of hydrogen-bond acceptors (Lipinski definition) is 5. The van der Waals surface area contributed by atoms with Gasteiger partial charge in [-0.25, -0.2) is 13.2 Å². The number of carboxylic acids is 1. The fourth-order valence-electron chi connectivity index (χ4n) is 2.69. The summed E-state index contributed by atoms with van der Waals surface area (Å²) >= 11 is 1.08. The van der Waals surface area contributed by atoms with Crippen molar-refractivity contribution in [2.45, 2.75) is 18.1 Å². The Morgan fingerprint density at radius 3 is 2.48 bits per heavy atom. The van der Waals surface area contributed by atoms with E-state index in [2.05, 4.69) is 10.0 Å². The van der Waals surface area contributed by atoms with Gasteiger partial charge in [0, 0.05) is 17.3 Å². The second-order valence-corrected chi connectivity index (χ2v) is 8.79. The third-order valence-corrected chi connectivity index (χ3v) is 7.12. The number of fused-ring (bicyclic) bond motifs is 1. The van der Waals surface area contributed by atoms with Crippen LogP contribution in [0.15, 0.2) is 46.7 Å². The van der Waals surface area contributed by atoms with Gasteiger partial charge >= 0.3 is 5.97 Å². The summed E-state index contributed by atoms with van der Waals surface area (Å²) in [5.41, 5.74) is 0.972. The van der Waals surface area contributed by atoms with Crippen LogP contribution >= 0.6 is 11.3 Å². The number of carboxylic acid groups (broad SMARTS) is 1. The summed E-state index contributed by atoms with van der Waals surface area (Å²) in [5, 5.41) is 12.6. The number of carbonyl (C=O) groups is 2. The van der Waals surface area contributed by atoms with Gasteiger partial charge in [0.1, 0.15) is 4.21 Å². The maximum atomic E-state index is 12.9. The topological polar surface area (TPSA) is 113 Å². The molecule has 0 spiro atoms. The van der Waals surface area contributed by atoms with Crippen LogP contribution in [0.5, 0.6) is 0 Å². The van der Waals surface area contributed by atoms with Gasteiger partial charge in [-0.05, 0) is 48.2 Å². The summed E-state index contributed by atoms with van der Waals surface area (Å²) in [6.07, 6.45) is 0. The first-order valence-electron chi connectivity index (χ1n) is 7.85. The fourth-order valence-corrected chi connectivity index (χ4v) is 5.51. The van der Waals surface area contributed by atoms with Crippen LogP contribution in [0.25, 0.3) is 10.1 Å². The molecule has 1 aromatic heterocycles. The SMILES string of the molecule is CC(=O)Nc1ccc2sc(S(=O)(=O)Nc3ccccc3C(=O)O)c(C)c2c1. The largest absolute Gasteiger partial charge is 0.478 e. The smallest absolute Gasteiger partial charge is 0.337 e. The van der Waals surface area contributed by atoms with E-state index in [1.807, 2.05) is 0 Å². The predicted octanol–water partition coefficient (Wildman–Crippen LogP) is 3.67. The van der Waals surface area contributed by atoms with E-state index in [0.717, 1.165) is 16.0 Å². The molecule has 2 aromatic carbocycles. The van der Waals surface area contributed by atoms with Crippen LogP contribution in [-0.4, -0.2) is 25.4 Å². The molecule has 0 saturated heterocycles. The van der Waals surface area contributed by atoms with E-state index in [1.54, 1.807) is 31.2 Å². The zero-order valence-electron chi connectivity index (χ0n) is 14.4. The normalized spacial score (nSPS) is 11.3. The van der Waals surface area contributed by atoms with Crippen molar-refractivity contribution in [3.63, 3.8) is 0 Å². The second kappa shape index (κ2) is 7.01. The standard InChI is InChI=1S/C18H16N2O5S2/c1-10-14-9-12(19-11(2)21)7-8-16(14)26-18(10)27(24,25)20-15-6-4-3-5-13(15)17(22)23/h3-9,20H,1-2H3,(H,19,21)(H,22,23). The minimum atomic E-state index is -3.98. The highest BCUT2D eigenvalue weighted by atomic mass is 32.2. The molecule has 3 rings (SSSR count). The first-order chi connectivity index (χ1) is 12.7. The average molecular weight is 404 g/mol. The summed E-state index contributed by atoms with van der Waals surface area (Å²) in [6.45, 7) is 3.07. The third-order valence-electron chi connectivity index (χ3n) is 3.86. The molecule has 0 bridgehead atoms. The van der Waals surface area contributed by atoms with Gasteiger partial charge in [-0.1, -0.05) is 12.1 Å². The number of aryl methyl sites for hydroxylation is 1. The number of para-hydroxylation sites is 1. The first-order valence-corrected chi connectivity index (χ1v) is 10.1. The Labute approximate surface area is 159 Å². The monoisotopic (exact) mass is 404 g/mol. The van der Waals surface area contributed by atoms with E-state index in [0.29, 0.717) is 16.6 Å². The Kier molecular flexibility index (Phi) is 4.90. The Morgan fingerprint density at radius 2 is 1.81 bits per heavy atom. The van der Waals surface area contributed by atoms with Crippen LogP contribution in [0, 0.1) is 6.92 Å². The Hall–Kier alpha value is -2.91. The first kappa shape index (κ1) is 18.9. The maximum Gasteiger partial charge on any atom is 0.337 e. The molecule has 0 saturated carbocycles. The molecule has 0 aliphatic rings. The molecule has 1 amide bonds. The predicted molar refractivity (Wildman–Crippen MR) is 105 cm³/mol. The van der Waals surface area contributed by atoms with Gasteiger partial charge in [-0.15, -0.1) is 11.3 Å². The number of rotatable bonds is 5. The number of sulfonamides is 1. The summed E-state index contributed by atoms with van der Waals surface area (Å²) in [4.78, 5) is 22.5. The minimum absolute atomic E-state index is 0.000733. The Balaban J connectivity index is 2.05. The van der Waals surface area contributed by atoms with Crippen molar-refractivity contribution in [2.24, 2.45) is 0 Å². The molecular weight excluding hydrogens is 388 g/mol. The number of thiophene rings is 1. The summed E-state index contributed by atoms with van der Waals surface area (Å²) in [6, 6.07) is 11.0. The lowest BCUT2D eigenvalue weighted by Gasteiger charge is -2.09. The van der Waals surface area contributed by atoms with Crippen molar-refractivity contribution < 1.29 is 23.1 Å². The summed E-state index contributed by atoms with van der Waals surface area (Å²) < 4.78 is 28.9. The molecule has 27 heavy (non-hydrogen) atoms. The highest BCUT2D eigenvalue weighted by molar-refractivity contribution is 7.94. The van der Waals surface area contributed by atoms with Crippen LogP contribution in [0.4, 0.5) is 11.4 Å². The van der Waals surface area contributed by atoms with Crippen molar-refractivity contribution in [3.8, 4) is 0 Å². The molecule has 9 heteroatoms. The molecular formula is C18H16N2O5S2. The number of carbonyl (C=O) groups excluding carboxylic acids is 1. The number of amides is 1. The molecule has 3 aromatic rings. The van der Waals surface area contributed by atoms with Crippen molar-refractivity contribution >= 4 is 54.7 Å². The molecule has 140 valence electrons. The van der Waals surface area contributed by atoms with Gasteiger partial charge in [0.25, 0.3) is 10.0 Å². The number of benzene rings is 2. The highest BCUT2D eigenvalue weighted by Gasteiger charge is 2.24. The molecule has 0 aliphatic heterocycles. The van der Waals surface area contributed by atoms with E-state index in [-0.39, 0.29) is 21.4 Å². The number of anilines is 2. The lowest BCUT2D eigenvalue weighted by Crippen LogP contribution is -2.15. The van der Waals surface area contributed by atoms with Crippen molar-refractivity contribution in [2.75, 3.05) is 10.0 Å². The minimum Gasteiger partial charge on any atom is -0.478 e. The second-order valence-electron chi connectivity index (χ2n) is 5.86. The highest BCUT2D eigenvalue weighted by Crippen LogP contribution is 2.36. The molecule has 3 N–H and O–H groups in total. The Bertz CT molecular complexity index is 1170. The van der Waals surface area contributed by atoms with Crippen LogP contribution in [0.1, 0.15) is 22.8 Å².